The Balaban J connectivity index is 1.40. The van der Waals surface area contributed by atoms with E-state index >= 15 is 0 Å². The summed E-state index contributed by atoms with van der Waals surface area (Å²) < 4.78 is 18.6. The van der Waals surface area contributed by atoms with Crippen LogP contribution in [0.3, 0.4) is 0 Å². The molecule has 4 aliphatic carbocycles. The van der Waals surface area contributed by atoms with Gasteiger partial charge in [-0.2, -0.15) is 0 Å². The fraction of sp³-hybridized carbons (Fsp3) is 0.632. The molecule has 0 saturated heterocycles. The van der Waals surface area contributed by atoms with Gasteiger partial charge in [0.05, 0.1) is 0 Å². The Morgan fingerprint density at radius 1 is 1.13 bits per heavy atom. The minimum absolute atomic E-state index is 0.00620. The first-order valence-corrected chi connectivity index (χ1v) is 8.76. The number of carbonyl (C=O) groups excluding carboxylic acids is 1. The maximum atomic E-state index is 12.9. The molecule has 0 unspecified atom stereocenters. The maximum absolute atomic E-state index is 12.9. The Morgan fingerprint density at radius 3 is 2.17 bits per heavy atom. The topological polar surface area (TPSA) is 38.3 Å². The summed E-state index contributed by atoms with van der Waals surface area (Å²) in [4.78, 5) is 12.6. The zero-order chi connectivity index (χ0) is 16.0. The van der Waals surface area contributed by atoms with Crippen molar-refractivity contribution in [1.82, 2.24) is 5.32 Å². The second kappa shape index (κ2) is 5.50. The van der Waals surface area contributed by atoms with Gasteiger partial charge in [-0.15, -0.1) is 0 Å². The van der Waals surface area contributed by atoms with Crippen molar-refractivity contribution in [2.75, 3.05) is 0 Å². The first-order chi connectivity index (χ1) is 11.0. The fourth-order valence-corrected chi connectivity index (χ4v) is 5.40. The van der Waals surface area contributed by atoms with Gasteiger partial charge in [0.1, 0.15) is 11.6 Å². The van der Waals surface area contributed by atoms with Gasteiger partial charge in [0.2, 0.25) is 0 Å². The smallest absolute Gasteiger partial charge is 0.261 e. The summed E-state index contributed by atoms with van der Waals surface area (Å²) in [5, 5.41) is 3.32. The van der Waals surface area contributed by atoms with E-state index in [4.69, 9.17) is 4.74 Å². The molecule has 0 radical (unpaired) electrons. The summed E-state index contributed by atoms with van der Waals surface area (Å²) in [6, 6.07) is 5.81. The van der Waals surface area contributed by atoms with Crippen molar-refractivity contribution in [2.24, 2.45) is 17.8 Å². The highest BCUT2D eigenvalue weighted by Crippen LogP contribution is 2.55. The lowest BCUT2D eigenvalue weighted by Crippen LogP contribution is -2.61. The SMILES string of the molecule is C[C@@H](Oc1ccc(F)cc1)C(=O)NC12CC3CC(CC(C3)C1)C2. The Labute approximate surface area is 136 Å². The van der Waals surface area contributed by atoms with Gasteiger partial charge in [-0.1, -0.05) is 0 Å². The molecule has 1 amide bonds. The molecule has 4 heteroatoms. The van der Waals surface area contributed by atoms with E-state index in [2.05, 4.69) is 5.32 Å². The van der Waals surface area contributed by atoms with Crippen molar-refractivity contribution >= 4 is 5.91 Å². The van der Waals surface area contributed by atoms with Crippen LogP contribution in [0.15, 0.2) is 24.3 Å². The van der Waals surface area contributed by atoms with Crippen LogP contribution in [-0.4, -0.2) is 17.6 Å². The van der Waals surface area contributed by atoms with Gasteiger partial charge < -0.3 is 10.1 Å². The summed E-state index contributed by atoms with van der Waals surface area (Å²) in [5.74, 6) is 2.58. The van der Waals surface area contributed by atoms with E-state index in [9.17, 15) is 9.18 Å². The number of halogens is 1. The Bertz CT molecular complexity index is 563. The molecule has 0 aliphatic heterocycles. The van der Waals surface area contributed by atoms with E-state index in [1.807, 2.05) is 0 Å². The van der Waals surface area contributed by atoms with Crippen LogP contribution >= 0.6 is 0 Å². The van der Waals surface area contributed by atoms with Crippen molar-refractivity contribution in [3.8, 4) is 5.75 Å². The Morgan fingerprint density at radius 2 is 1.65 bits per heavy atom. The van der Waals surface area contributed by atoms with Gasteiger partial charge in [-0.05, 0) is 87.5 Å². The summed E-state index contributed by atoms with van der Waals surface area (Å²) in [6.45, 7) is 1.76. The Kier molecular flexibility index (Phi) is 3.58. The van der Waals surface area contributed by atoms with Gasteiger partial charge >= 0.3 is 0 Å². The lowest BCUT2D eigenvalue weighted by molar-refractivity contribution is -0.133. The largest absolute Gasteiger partial charge is 0.481 e. The second-order valence-corrected chi connectivity index (χ2v) is 7.90. The van der Waals surface area contributed by atoms with Gasteiger partial charge in [-0.3, -0.25) is 4.79 Å². The molecule has 23 heavy (non-hydrogen) atoms. The fourth-order valence-electron chi connectivity index (χ4n) is 5.40. The third kappa shape index (κ3) is 2.96. The monoisotopic (exact) mass is 317 g/mol. The molecule has 4 saturated carbocycles. The molecule has 1 atom stereocenters. The average Bonchev–Trinajstić information content (AvgIpc) is 2.47. The van der Waals surface area contributed by atoms with E-state index in [-0.39, 0.29) is 17.3 Å². The number of ether oxygens (including phenoxy) is 1. The molecule has 4 bridgehead atoms. The van der Waals surface area contributed by atoms with Crippen LogP contribution < -0.4 is 10.1 Å². The van der Waals surface area contributed by atoms with Crippen molar-refractivity contribution in [3.63, 3.8) is 0 Å². The molecule has 4 fully saturated rings. The van der Waals surface area contributed by atoms with Crippen LogP contribution in [0.4, 0.5) is 4.39 Å². The van der Waals surface area contributed by atoms with E-state index in [1.54, 1.807) is 19.1 Å². The molecule has 0 heterocycles. The molecule has 124 valence electrons. The van der Waals surface area contributed by atoms with E-state index < -0.39 is 6.10 Å². The quantitative estimate of drug-likeness (QED) is 0.920. The predicted octanol–water partition coefficient (Wildman–Crippen LogP) is 3.68. The van der Waals surface area contributed by atoms with Gasteiger partial charge in [-0.25, -0.2) is 4.39 Å². The first-order valence-electron chi connectivity index (χ1n) is 8.76. The number of hydrogen-bond donors (Lipinski definition) is 1. The van der Waals surface area contributed by atoms with Crippen LogP contribution in [0.25, 0.3) is 0 Å². The van der Waals surface area contributed by atoms with Crippen LogP contribution in [0, 0.1) is 23.6 Å². The number of nitrogens with one attached hydrogen (secondary N) is 1. The van der Waals surface area contributed by atoms with Gasteiger partial charge in [0.25, 0.3) is 5.91 Å². The molecule has 0 spiro atoms. The number of benzene rings is 1. The third-order valence-corrected chi connectivity index (χ3v) is 5.92. The number of amides is 1. The second-order valence-electron chi connectivity index (χ2n) is 7.90. The van der Waals surface area contributed by atoms with Crippen LogP contribution in [-0.2, 0) is 4.79 Å². The van der Waals surface area contributed by atoms with E-state index in [0.717, 1.165) is 37.0 Å². The van der Waals surface area contributed by atoms with Crippen molar-refractivity contribution in [2.45, 2.75) is 57.1 Å². The molecule has 1 aromatic carbocycles. The molecule has 1 aromatic rings. The van der Waals surface area contributed by atoms with Crippen LogP contribution in [0.5, 0.6) is 5.75 Å². The van der Waals surface area contributed by atoms with Crippen molar-refractivity contribution in [3.05, 3.63) is 30.1 Å². The molecular weight excluding hydrogens is 293 g/mol. The van der Waals surface area contributed by atoms with Crippen LogP contribution in [0.1, 0.15) is 45.4 Å². The standard InChI is InChI=1S/C19H24FNO2/c1-12(23-17-4-2-16(20)3-5-17)18(22)21-19-9-13-6-14(10-19)8-15(7-13)11-19/h2-5,12-15H,6-11H2,1H3,(H,21,22)/t12-,13?,14?,15?,19?/m1/s1. The molecule has 0 aromatic heterocycles. The number of carbonyl (C=O) groups is 1. The average molecular weight is 317 g/mol. The third-order valence-electron chi connectivity index (χ3n) is 5.92. The zero-order valence-corrected chi connectivity index (χ0v) is 13.6. The first kappa shape index (κ1) is 15.0. The van der Waals surface area contributed by atoms with E-state index in [1.165, 1.54) is 31.4 Å². The van der Waals surface area contributed by atoms with Crippen molar-refractivity contribution in [1.29, 1.82) is 0 Å². The normalized spacial score (nSPS) is 35.8. The molecule has 5 rings (SSSR count). The summed E-state index contributed by atoms with van der Waals surface area (Å²) in [6.07, 6.45) is 6.91. The summed E-state index contributed by atoms with van der Waals surface area (Å²) >= 11 is 0. The molecule has 4 aliphatic rings. The minimum Gasteiger partial charge on any atom is -0.481 e. The Hall–Kier alpha value is -1.58. The molecular formula is C19H24FNO2. The molecule has 3 nitrogen and oxygen atoms in total. The van der Waals surface area contributed by atoms with E-state index in [0.29, 0.717) is 5.75 Å². The van der Waals surface area contributed by atoms with Crippen molar-refractivity contribution < 1.29 is 13.9 Å². The predicted molar refractivity (Wildman–Crippen MR) is 85.5 cm³/mol. The van der Waals surface area contributed by atoms with Crippen LogP contribution in [0.2, 0.25) is 0 Å². The highest BCUT2D eigenvalue weighted by Gasteiger charge is 2.51. The lowest BCUT2D eigenvalue weighted by Gasteiger charge is -2.57. The zero-order valence-electron chi connectivity index (χ0n) is 13.6. The summed E-state index contributed by atoms with van der Waals surface area (Å²) in [7, 11) is 0. The highest BCUT2D eigenvalue weighted by atomic mass is 19.1. The summed E-state index contributed by atoms with van der Waals surface area (Å²) in [5.41, 5.74) is 0.00620. The number of hydrogen-bond acceptors (Lipinski definition) is 2. The number of rotatable bonds is 4. The maximum Gasteiger partial charge on any atom is 0.261 e. The molecule has 1 N–H and O–H groups in total. The highest BCUT2D eigenvalue weighted by molar-refractivity contribution is 5.81. The van der Waals surface area contributed by atoms with Gasteiger partial charge in [0.15, 0.2) is 6.10 Å². The minimum atomic E-state index is -0.562. The van der Waals surface area contributed by atoms with Gasteiger partial charge in [0, 0.05) is 5.54 Å². The lowest BCUT2D eigenvalue weighted by atomic mass is 9.53.